The molecule has 2 aliphatic heterocycles. The molecule has 146 valence electrons. The summed E-state index contributed by atoms with van der Waals surface area (Å²) < 4.78 is 7.13. The lowest BCUT2D eigenvalue weighted by atomic mass is 10.2. The predicted molar refractivity (Wildman–Crippen MR) is 113 cm³/mol. The first-order valence-corrected chi connectivity index (χ1v) is 10.8. The van der Waals surface area contributed by atoms with E-state index in [1.165, 1.54) is 9.58 Å². The van der Waals surface area contributed by atoms with Gasteiger partial charge in [-0.05, 0) is 38.0 Å². The number of anilines is 1. The predicted octanol–water partition coefficient (Wildman–Crippen LogP) is 4.81. The van der Waals surface area contributed by atoms with Gasteiger partial charge in [0.15, 0.2) is 0 Å². The van der Waals surface area contributed by atoms with Crippen molar-refractivity contribution in [2.75, 3.05) is 18.4 Å². The molecule has 0 saturated carbocycles. The molecular weight excluding hydrogens is 394 g/mol. The van der Waals surface area contributed by atoms with Gasteiger partial charge in [-0.2, -0.15) is 0 Å². The molecule has 7 heteroatoms. The molecule has 2 N–H and O–H groups in total. The molecule has 2 fully saturated rings. The lowest BCUT2D eigenvalue weighted by Crippen LogP contribution is -2.42. The molecule has 4 heterocycles. The average molecular weight is 416 g/mol. The van der Waals surface area contributed by atoms with Gasteiger partial charge in [0.1, 0.15) is 5.69 Å². The van der Waals surface area contributed by atoms with Crippen LogP contribution in [-0.2, 0) is 11.3 Å². The van der Waals surface area contributed by atoms with E-state index in [-0.39, 0.29) is 5.91 Å². The number of rotatable bonds is 4. The summed E-state index contributed by atoms with van der Waals surface area (Å²) in [6, 6.07) is 9.41. The van der Waals surface area contributed by atoms with Gasteiger partial charge in [0.2, 0.25) is 0 Å². The summed E-state index contributed by atoms with van der Waals surface area (Å²) >= 11 is 7.96. The number of carbonyl (C=O) groups excluding carboxylic acids is 1. The van der Waals surface area contributed by atoms with Crippen LogP contribution in [0, 0.1) is 6.92 Å². The Morgan fingerprint density at radius 2 is 2.07 bits per heavy atom. The monoisotopic (exact) mass is 415 g/mol. The number of thiophene rings is 1. The zero-order valence-electron chi connectivity index (χ0n) is 15.6. The first kappa shape index (κ1) is 18.2. The number of hydrogen-bond donors (Lipinski definition) is 2. The molecule has 1 aromatic carbocycles. The van der Waals surface area contributed by atoms with Crippen LogP contribution < -0.4 is 5.32 Å². The topological polar surface area (TPSA) is 57.4 Å². The van der Waals surface area contributed by atoms with Crippen LogP contribution in [0.25, 0.3) is 10.2 Å². The van der Waals surface area contributed by atoms with Crippen molar-refractivity contribution in [3.8, 4) is 0 Å². The number of ether oxygens (including phenoxy) is 1. The fourth-order valence-corrected chi connectivity index (χ4v) is 5.49. The van der Waals surface area contributed by atoms with Gasteiger partial charge in [0, 0.05) is 30.1 Å². The lowest BCUT2D eigenvalue weighted by molar-refractivity contribution is -0.0409. The number of fused-ring (bicyclic) bond motifs is 3. The molecule has 0 radical (unpaired) electrons. The minimum Gasteiger partial charge on any atom is -0.372 e. The number of nitrogens with zero attached hydrogens (tertiary/aromatic N) is 1. The number of hydrogen-bond acceptors (Lipinski definition) is 4. The summed E-state index contributed by atoms with van der Waals surface area (Å²) in [7, 11) is 0. The van der Waals surface area contributed by atoms with Crippen LogP contribution in [0.5, 0.6) is 0 Å². The number of H-pyrrole nitrogens is 1. The van der Waals surface area contributed by atoms with Gasteiger partial charge in [-0.15, -0.1) is 11.3 Å². The Kier molecular flexibility index (Phi) is 4.67. The molecule has 2 bridgehead atoms. The molecule has 3 aromatic rings. The Morgan fingerprint density at radius 1 is 1.32 bits per heavy atom. The molecule has 2 atom stereocenters. The molecule has 2 unspecified atom stereocenters. The van der Waals surface area contributed by atoms with Crippen LogP contribution in [0.3, 0.4) is 0 Å². The normalized spacial score (nSPS) is 22.1. The highest BCUT2D eigenvalue weighted by Crippen LogP contribution is 2.34. The SMILES string of the molecule is Cc1cc2[nH]c(C(=O)Nc3ccccc3Cl)c(CN3CC4CCC(C3)O4)c2s1. The van der Waals surface area contributed by atoms with Gasteiger partial charge < -0.3 is 15.0 Å². The van der Waals surface area contributed by atoms with Crippen molar-refractivity contribution in [3.05, 3.63) is 51.5 Å². The minimum atomic E-state index is -0.152. The smallest absolute Gasteiger partial charge is 0.272 e. The number of carbonyl (C=O) groups is 1. The Labute approximate surface area is 172 Å². The van der Waals surface area contributed by atoms with E-state index in [0.29, 0.717) is 28.6 Å². The van der Waals surface area contributed by atoms with Gasteiger partial charge in [-0.3, -0.25) is 9.69 Å². The van der Waals surface area contributed by atoms with Crippen molar-refractivity contribution in [2.24, 2.45) is 0 Å². The number of para-hydroxylation sites is 1. The third-order valence-electron chi connectivity index (χ3n) is 5.54. The summed E-state index contributed by atoms with van der Waals surface area (Å²) in [5.74, 6) is -0.152. The van der Waals surface area contributed by atoms with Crippen LogP contribution in [0.15, 0.2) is 30.3 Å². The Morgan fingerprint density at radius 3 is 2.82 bits per heavy atom. The van der Waals surface area contributed by atoms with E-state index in [2.05, 4.69) is 28.2 Å². The Hall–Kier alpha value is -1.86. The molecule has 1 amide bonds. The Balaban J connectivity index is 1.46. The van der Waals surface area contributed by atoms with Gasteiger partial charge in [-0.25, -0.2) is 0 Å². The molecule has 5 nitrogen and oxygen atoms in total. The number of aryl methyl sites for hydroxylation is 1. The van der Waals surface area contributed by atoms with Crippen LogP contribution >= 0.6 is 22.9 Å². The Bertz CT molecular complexity index is 1030. The molecule has 2 aliphatic rings. The van der Waals surface area contributed by atoms with Gasteiger partial charge in [0.25, 0.3) is 5.91 Å². The van der Waals surface area contributed by atoms with E-state index < -0.39 is 0 Å². The second-order valence-corrected chi connectivity index (χ2v) is 9.33. The zero-order valence-corrected chi connectivity index (χ0v) is 17.2. The van der Waals surface area contributed by atoms with E-state index in [1.807, 2.05) is 18.2 Å². The number of aromatic amines is 1. The van der Waals surface area contributed by atoms with Crippen molar-refractivity contribution < 1.29 is 9.53 Å². The van der Waals surface area contributed by atoms with E-state index in [0.717, 1.165) is 43.6 Å². The number of aromatic nitrogens is 1. The summed E-state index contributed by atoms with van der Waals surface area (Å²) in [6.45, 7) is 4.71. The standard InChI is InChI=1S/C21H22ClN3O2S/c1-12-8-18-20(28-12)15(11-25-9-13-6-7-14(10-25)27-13)19(23-18)21(26)24-17-5-3-2-4-16(17)22/h2-5,8,13-14,23H,6-7,9-11H2,1H3,(H,24,26). The molecule has 0 spiro atoms. The highest BCUT2D eigenvalue weighted by atomic mass is 35.5. The van der Waals surface area contributed by atoms with Crippen molar-refractivity contribution in [1.29, 1.82) is 0 Å². The van der Waals surface area contributed by atoms with Crippen molar-refractivity contribution in [1.82, 2.24) is 9.88 Å². The highest BCUT2D eigenvalue weighted by molar-refractivity contribution is 7.19. The molecule has 0 aliphatic carbocycles. The summed E-state index contributed by atoms with van der Waals surface area (Å²) in [5, 5.41) is 3.49. The largest absolute Gasteiger partial charge is 0.372 e. The van der Waals surface area contributed by atoms with Crippen LogP contribution in [0.1, 0.15) is 33.8 Å². The third kappa shape index (κ3) is 3.35. The number of likely N-dealkylation sites (tertiary alicyclic amines) is 1. The second-order valence-electron chi connectivity index (χ2n) is 7.66. The number of halogens is 1. The van der Waals surface area contributed by atoms with E-state index in [4.69, 9.17) is 16.3 Å². The van der Waals surface area contributed by atoms with Crippen molar-refractivity contribution >= 4 is 44.7 Å². The summed E-state index contributed by atoms with van der Waals surface area (Å²) in [4.78, 5) is 20.1. The first-order valence-electron chi connectivity index (χ1n) is 9.61. The summed E-state index contributed by atoms with van der Waals surface area (Å²) in [5.41, 5.74) is 3.34. The quantitative estimate of drug-likeness (QED) is 0.643. The maximum Gasteiger partial charge on any atom is 0.272 e. The van der Waals surface area contributed by atoms with Crippen LogP contribution in [0.4, 0.5) is 5.69 Å². The maximum atomic E-state index is 13.1. The number of nitrogens with one attached hydrogen (secondary N) is 2. The highest BCUT2D eigenvalue weighted by Gasteiger charge is 2.34. The average Bonchev–Trinajstić information content (AvgIpc) is 3.30. The molecule has 5 rings (SSSR count). The first-order chi connectivity index (χ1) is 13.6. The van der Waals surface area contributed by atoms with Gasteiger partial charge >= 0.3 is 0 Å². The second kappa shape index (κ2) is 7.19. The lowest BCUT2D eigenvalue weighted by Gasteiger charge is -2.32. The third-order valence-corrected chi connectivity index (χ3v) is 6.98. The van der Waals surface area contributed by atoms with Crippen molar-refractivity contribution in [2.45, 2.75) is 38.5 Å². The minimum absolute atomic E-state index is 0.152. The van der Waals surface area contributed by atoms with E-state index in [1.54, 1.807) is 17.4 Å². The van der Waals surface area contributed by atoms with Crippen LogP contribution in [-0.4, -0.2) is 41.1 Å². The van der Waals surface area contributed by atoms with Gasteiger partial charge in [-0.1, -0.05) is 23.7 Å². The number of benzene rings is 1. The van der Waals surface area contributed by atoms with Crippen LogP contribution in [0.2, 0.25) is 5.02 Å². The fourth-order valence-electron chi connectivity index (χ4n) is 4.30. The van der Waals surface area contributed by atoms with E-state index >= 15 is 0 Å². The van der Waals surface area contributed by atoms with E-state index in [9.17, 15) is 4.79 Å². The molecular formula is C21H22ClN3O2S. The molecule has 2 aromatic heterocycles. The van der Waals surface area contributed by atoms with Gasteiger partial charge in [0.05, 0.1) is 33.1 Å². The molecule has 28 heavy (non-hydrogen) atoms. The zero-order chi connectivity index (χ0) is 19.3. The molecule has 2 saturated heterocycles. The maximum absolute atomic E-state index is 13.1. The summed E-state index contributed by atoms with van der Waals surface area (Å²) in [6.07, 6.45) is 2.95. The fraction of sp³-hybridized carbons (Fsp3) is 0.381. The number of morpholine rings is 1. The number of amides is 1. The van der Waals surface area contributed by atoms with Crippen molar-refractivity contribution in [3.63, 3.8) is 0 Å².